The Kier molecular flexibility index (Phi) is 43.2. The van der Waals surface area contributed by atoms with E-state index in [1.54, 1.807) is 0 Å². The molecule has 154 valence electrons. The summed E-state index contributed by atoms with van der Waals surface area (Å²) in [5, 5.41) is 13.9. The maximum Gasteiger partial charge on any atom is 0.00103 e. The molecule has 0 radical (unpaired) electrons. The molecule has 0 aromatic carbocycles. The SMILES string of the molecule is CC(C)NCCCNCCCCNCCCNC(C)C.Cl.Cl.Cl.Cl. The van der Waals surface area contributed by atoms with E-state index in [1.807, 2.05) is 0 Å². The van der Waals surface area contributed by atoms with Crippen LogP contribution in [0.15, 0.2) is 0 Å². The summed E-state index contributed by atoms with van der Waals surface area (Å²) in [4.78, 5) is 0. The van der Waals surface area contributed by atoms with E-state index in [-0.39, 0.29) is 49.6 Å². The normalized spacial score (nSPS) is 9.75. The quantitative estimate of drug-likeness (QED) is 0.300. The number of hydrogen-bond acceptors (Lipinski definition) is 4. The summed E-state index contributed by atoms with van der Waals surface area (Å²) in [6.45, 7) is 15.6. The van der Waals surface area contributed by atoms with Crippen LogP contribution in [0.5, 0.6) is 0 Å². The molecule has 4 nitrogen and oxygen atoms in total. The number of unbranched alkanes of at least 4 members (excludes halogenated alkanes) is 1. The molecule has 0 atom stereocenters. The van der Waals surface area contributed by atoms with E-state index in [2.05, 4.69) is 49.0 Å². The highest BCUT2D eigenvalue weighted by molar-refractivity contribution is 5.86. The molecule has 0 aromatic heterocycles. The van der Waals surface area contributed by atoms with Crippen LogP contribution >= 0.6 is 49.6 Å². The first-order valence-electron chi connectivity index (χ1n) is 8.51. The summed E-state index contributed by atoms with van der Waals surface area (Å²) in [5.41, 5.74) is 0. The van der Waals surface area contributed by atoms with Gasteiger partial charge in [-0.15, -0.1) is 49.6 Å². The van der Waals surface area contributed by atoms with E-state index in [0.717, 1.165) is 39.3 Å². The lowest BCUT2D eigenvalue weighted by molar-refractivity contribution is 0.524. The number of hydrogen-bond donors (Lipinski definition) is 4. The Hall–Kier alpha value is 1.00. The molecule has 0 rings (SSSR count). The van der Waals surface area contributed by atoms with Gasteiger partial charge in [-0.25, -0.2) is 0 Å². The summed E-state index contributed by atoms with van der Waals surface area (Å²) >= 11 is 0. The predicted octanol–water partition coefficient (Wildman–Crippen LogP) is 3.41. The number of nitrogens with one attached hydrogen (secondary N) is 4. The summed E-state index contributed by atoms with van der Waals surface area (Å²) in [5.74, 6) is 0. The Bertz CT molecular complexity index is 179. The lowest BCUT2D eigenvalue weighted by Crippen LogP contribution is -2.28. The highest BCUT2D eigenvalue weighted by Crippen LogP contribution is 1.86. The fourth-order valence-corrected chi connectivity index (χ4v) is 1.96. The summed E-state index contributed by atoms with van der Waals surface area (Å²) in [7, 11) is 0. The van der Waals surface area contributed by atoms with E-state index in [9.17, 15) is 0 Å². The Labute approximate surface area is 175 Å². The van der Waals surface area contributed by atoms with Crippen molar-refractivity contribution in [2.75, 3.05) is 39.3 Å². The second-order valence-electron chi connectivity index (χ2n) is 6.13. The van der Waals surface area contributed by atoms with Gasteiger partial charge in [-0.1, -0.05) is 27.7 Å². The Morgan fingerprint density at radius 3 is 1.04 bits per heavy atom. The molecule has 0 spiro atoms. The van der Waals surface area contributed by atoms with Crippen LogP contribution in [-0.4, -0.2) is 51.4 Å². The maximum atomic E-state index is 3.51. The van der Waals surface area contributed by atoms with Crippen LogP contribution in [0.1, 0.15) is 53.4 Å². The molecule has 0 aliphatic carbocycles. The summed E-state index contributed by atoms with van der Waals surface area (Å²) < 4.78 is 0. The Morgan fingerprint density at radius 1 is 0.458 bits per heavy atom. The minimum atomic E-state index is 0. The third-order valence-corrected chi connectivity index (χ3v) is 3.12. The lowest BCUT2D eigenvalue weighted by atomic mass is 10.3. The van der Waals surface area contributed by atoms with Crippen LogP contribution < -0.4 is 21.3 Å². The van der Waals surface area contributed by atoms with E-state index < -0.39 is 0 Å². The first kappa shape index (κ1) is 36.0. The van der Waals surface area contributed by atoms with Gasteiger partial charge in [-0.05, 0) is 65.0 Å². The Morgan fingerprint density at radius 2 is 0.750 bits per heavy atom. The van der Waals surface area contributed by atoms with Gasteiger partial charge in [-0.2, -0.15) is 0 Å². The van der Waals surface area contributed by atoms with Crippen molar-refractivity contribution in [3.05, 3.63) is 0 Å². The van der Waals surface area contributed by atoms with Gasteiger partial charge in [0.1, 0.15) is 0 Å². The van der Waals surface area contributed by atoms with Crippen molar-refractivity contribution in [3.63, 3.8) is 0 Å². The fourth-order valence-electron chi connectivity index (χ4n) is 1.96. The van der Waals surface area contributed by atoms with Crippen molar-refractivity contribution in [1.29, 1.82) is 0 Å². The highest BCUT2D eigenvalue weighted by Gasteiger charge is 1.94. The van der Waals surface area contributed by atoms with Crippen LogP contribution in [0.2, 0.25) is 0 Å². The second-order valence-corrected chi connectivity index (χ2v) is 6.13. The molecule has 0 fully saturated rings. The van der Waals surface area contributed by atoms with E-state index in [0.29, 0.717) is 12.1 Å². The molecule has 0 saturated heterocycles. The van der Waals surface area contributed by atoms with Crippen LogP contribution in [0.4, 0.5) is 0 Å². The first-order chi connectivity index (χ1) is 9.63. The molecule has 0 amide bonds. The Balaban J connectivity index is -0.000000301. The maximum absolute atomic E-state index is 3.51. The standard InChI is InChI=1S/C16H38N4.4ClH/c1-15(2)19-13-7-11-17-9-5-6-10-18-12-8-14-20-16(3)4;;;;/h15-20H,5-14H2,1-4H3;4*1H. The van der Waals surface area contributed by atoms with Crippen LogP contribution in [-0.2, 0) is 0 Å². The van der Waals surface area contributed by atoms with E-state index >= 15 is 0 Å². The average Bonchev–Trinajstić information content (AvgIpc) is 2.38. The largest absolute Gasteiger partial charge is 0.317 e. The molecular weight excluding hydrogens is 390 g/mol. The van der Waals surface area contributed by atoms with Gasteiger partial charge in [0.2, 0.25) is 0 Å². The van der Waals surface area contributed by atoms with Gasteiger partial charge in [0, 0.05) is 12.1 Å². The minimum absolute atomic E-state index is 0. The molecule has 0 unspecified atom stereocenters. The molecule has 0 saturated carbocycles. The fraction of sp³-hybridized carbons (Fsp3) is 1.00. The zero-order valence-electron chi connectivity index (χ0n) is 15.9. The smallest absolute Gasteiger partial charge is 0.00103 e. The summed E-state index contributed by atoms with van der Waals surface area (Å²) in [6.07, 6.45) is 4.99. The molecular formula is C16H42Cl4N4. The topological polar surface area (TPSA) is 48.1 Å². The van der Waals surface area contributed by atoms with Crippen molar-refractivity contribution < 1.29 is 0 Å². The van der Waals surface area contributed by atoms with Gasteiger partial charge in [0.25, 0.3) is 0 Å². The first-order valence-corrected chi connectivity index (χ1v) is 8.51. The van der Waals surface area contributed by atoms with Gasteiger partial charge in [0.15, 0.2) is 0 Å². The van der Waals surface area contributed by atoms with Gasteiger partial charge >= 0.3 is 0 Å². The third kappa shape index (κ3) is 34.4. The summed E-state index contributed by atoms with van der Waals surface area (Å²) in [6, 6.07) is 1.22. The number of halogens is 4. The lowest BCUT2D eigenvalue weighted by Gasteiger charge is -2.09. The van der Waals surface area contributed by atoms with Crippen molar-refractivity contribution in [1.82, 2.24) is 21.3 Å². The molecule has 0 bridgehead atoms. The average molecular weight is 432 g/mol. The third-order valence-electron chi connectivity index (χ3n) is 3.12. The molecule has 0 aromatic rings. The molecule has 4 N–H and O–H groups in total. The highest BCUT2D eigenvalue weighted by atomic mass is 35.5. The minimum Gasteiger partial charge on any atom is -0.317 e. The van der Waals surface area contributed by atoms with Crippen molar-refractivity contribution >= 4 is 49.6 Å². The molecule has 0 aliphatic heterocycles. The van der Waals surface area contributed by atoms with Crippen LogP contribution in [0, 0.1) is 0 Å². The van der Waals surface area contributed by atoms with Gasteiger partial charge < -0.3 is 21.3 Å². The van der Waals surface area contributed by atoms with Crippen LogP contribution in [0.3, 0.4) is 0 Å². The van der Waals surface area contributed by atoms with Gasteiger partial charge in [-0.3, -0.25) is 0 Å². The molecule has 0 heterocycles. The van der Waals surface area contributed by atoms with Crippen molar-refractivity contribution in [3.8, 4) is 0 Å². The van der Waals surface area contributed by atoms with Gasteiger partial charge in [0.05, 0.1) is 0 Å². The monoisotopic (exact) mass is 430 g/mol. The molecule has 24 heavy (non-hydrogen) atoms. The zero-order chi connectivity index (χ0) is 15.1. The van der Waals surface area contributed by atoms with Crippen molar-refractivity contribution in [2.45, 2.75) is 65.5 Å². The van der Waals surface area contributed by atoms with Crippen molar-refractivity contribution in [2.24, 2.45) is 0 Å². The molecule has 0 aliphatic rings. The number of rotatable bonds is 15. The van der Waals surface area contributed by atoms with E-state index in [4.69, 9.17) is 0 Å². The van der Waals surface area contributed by atoms with E-state index in [1.165, 1.54) is 25.7 Å². The predicted molar refractivity (Wildman–Crippen MR) is 119 cm³/mol. The molecule has 8 heteroatoms. The van der Waals surface area contributed by atoms with Crippen LogP contribution in [0.25, 0.3) is 0 Å². The second kappa shape index (κ2) is 28.8. The zero-order valence-corrected chi connectivity index (χ0v) is 19.1.